The van der Waals surface area contributed by atoms with Crippen molar-refractivity contribution in [1.82, 2.24) is 26.6 Å². The second kappa shape index (κ2) is 44.4. The minimum Gasteiger partial charge on any atom is -0.477 e. The Balaban J connectivity index is 0.970. The number of amides is 5. The first kappa shape index (κ1) is 104. The van der Waals surface area contributed by atoms with Crippen LogP contribution in [0.4, 0.5) is 0 Å². The van der Waals surface area contributed by atoms with Gasteiger partial charge in [0.15, 0.2) is 44.0 Å². The summed E-state index contributed by atoms with van der Waals surface area (Å²) in [7, 11) is 0. The quantitative estimate of drug-likeness (QED) is 0.0280. The second-order valence-corrected chi connectivity index (χ2v) is 31.7. The number of aliphatic hydroxyl groups excluding tert-OH is 25. The van der Waals surface area contributed by atoms with Crippen LogP contribution in [0.2, 0.25) is 0 Å². The van der Waals surface area contributed by atoms with E-state index in [4.69, 9.17) is 80.5 Å². The number of carbonyl (C=O) groups excluding carboxylic acids is 5. The summed E-state index contributed by atoms with van der Waals surface area (Å²) in [6.07, 6.45) is -90.5. The average Bonchev–Trinajstić information content (AvgIpc) is 0.757. The summed E-state index contributed by atoms with van der Waals surface area (Å²) in [5, 5.41) is 313. The third-order valence-corrected chi connectivity index (χ3v) is 22.7. The van der Waals surface area contributed by atoms with Gasteiger partial charge in [0.25, 0.3) is 11.6 Å². The minimum absolute atomic E-state index is 0.867. The van der Waals surface area contributed by atoms with Crippen LogP contribution < -0.4 is 26.6 Å². The number of aliphatic carboxylic acids is 2. The van der Waals surface area contributed by atoms with Crippen molar-refractivity contribution in [2.24, 2.45) is 0 Å². The number of hydrogen-bond acceptors (Lipinski definition) is 49. The van der Waals surface area contributed by atoms with Gasteiger partial charge in [0.1, 0.15) is 201 Å². The van der Waals surface area contributed by atoms with Gasteiger partial charge >= 0.3 is 11.9 Å². The van der Waals surface area contributed by atoms with Crippen LogP contribution in [0.1, 0.15) is 54.4 Å². The summed E-state index contributed by atoms with van der Waals surface area (Å²) in [6, 6.07) is -9.49. The topological polar surface area (TPSA) is 883 Å². The van der Waals surface area contributed by atoms with E-state index >= 15 is 0 Å². The summed E-state index contributed by atoms with van der Waals surface area (Å²) < 4.78 is 100. The first-order valence-electron chi connectivity index (χ1n) is 39.7. The van der Waals surface area contributed by atoms with Crippen LogP contribution in [0.5, 0.6) is 0 Å². The van der Waals surface area contributed by atoms with Crippen molar-refractivity contribution in [1.29, 1.82) is 0 Å². The van der Waals surface area contributed by atoms with Crippen LogP contribution in [0.3, 0.4) is 0 Å². The molecule has 9 saturated heterocycles. The maximum absolute atomic E-state index is 13.6. The fourth-order valence-electron chi connectivity index (χ4n) is 16.2. The van der Waals surface area contributed by atoms with Crippen molar-refractivity contribution in [2.45, 2.75) is 342 Å². The van der Waals surface area contributed by atoms with Gasteiger partial charge in [0.05, 0.1) is 83.3 Å². The maximum atomic E-state index is 13.6. The molecule has 9 aliphatic rings. The number of aliphatic hydroxyl groups is 25. The number of rotatable bonds is 35. The van der Waals surface area contributed by atoms with E-state index < -0.39 is 394 Å². The van der Waals surface area contributed by atoms with E-state index in [1.165, 1.54) is 6.92 Å². The fraction of sp³-hybridized carbons (Fsp3) is 0.900. The van der Waals surface area contributed by atoms with Crippen LogP contribution in [-0.4, -0.2) is 519 Å². The molecule has 0 aromatic rings. The molecule has 56 heteroatoms. The molecule has 0 saturated carbocycles. The molecule has 5 amide bonds. The van der Waals surface area contributed by atoms with Crippen LogP contribution >= 0.6 is 0 Å². The van der Waals surface area contributed by atoms with Gasteiger partial charge < -0.3 is 245 Å². The highest BCUT2D eigenvalue weighted by molar-refractivity contribution is 5.78. The lowest BCUT2D eigenvalue weighted by atomic mass is 9.88. The average molecular weight is 1840 g/mol. The van der Waals surface area contributed by atoms with Gasteiger partial charge in [0.2, 0.25) is 29.5 Å². The van der Waals surface area contributed by atoms with E-state index in [2.05, 4.69) is 26.6 Å². The Kier molecular flexibility index (Phi) is 36.8. The predicted molar refractivity (Wildman–Crippen MR) is 388 cm³/mol. The normalized spacial score (nSPS) is 45.7. The Hall–Kier alpha value is -5.39. The van der Waals surface area contributed by atoms with Gasteiger partial charge in [-0.3, -0.25) is 24.0 Å². The van der Waals surface area contributed by atoms with Crippen LogP contribution in [-0.2, 0) is 114 Å². The number of carboxylic acid groups (broad SMARTS) is 2. The van der Waals surface area contributed by atoms with Crippen molar-refractivity contribution in [3.05, 3.63) is 0 Å². The SMILES string of the molecule is CC(=O)N[C@H]1[C@H](OC[C@H]2OC(O)[C@H](NC(C)=O)[C@@H](O[C@@H]3O[C@H](CO)[C@H](O)[C@H](O[C@@H]4O[C@H](CO)[C@@H](O[C@@H]5O[C@H](CO)[C@H](O)[C@H](O[C@]6(C(=O)O)C[C@H](O)[C@@H](NC(C)=O)[C@H]([C@H](O)[C@H](O)CO)O6)[C@H]5O)[C@H](O[C@@H]5O[C@@H](C)[C@@H](O)[C@@H](O)[C@@H]5O)[C@H]4NC(C)=O)[C@H]3O)[C@H]2O)O[C@H](CO)[C@@H](O[C@@H]2O[C@H](CO)[C@H](O)[C@H](O[C@]3(C(=O)O)C[C@H](O)[C@@H](NC(C)=O)[C@H]([C@H](O)[C@H](O)CO)O3)[C@H]2O)[C@@H]1O. The third-order valence-electron chi connectivity index (χ3n) is 22.7. The largest absolute Gasteiger partial charge is 0.477 e. The Labute approximate surface area is 712 Å². The molecule has 0 aliphatic carbocycles. The maximum Gasteiger partial charge on any atom is 0.364 e. The number of ether oxygens (including phenoxy) is 17. The molecule has 726 valence electrons. The highest BCUT2D eigenvalue weighted by Crippen LogP contribution is 2.44. The van der Waals surface area contributed by atoms with Crippen molar-refractivity contribution in [3.8, 4) is 0 Å². The van der Waals surface area contributed by atoms with Crippen molar-refractivity contribution >= 4 is 41.5 Å². The number of carbonyl (C=O) groups is 7. The van der Waals surface area contributed by atoms with E-state index in [-0.39, 0.29) is 0 Å². The van der Waals surface area contributed by atoms with E-state index in [0.29, 0.717) is 0 Å². The lowest BCUT2D eigenvalue weighted by Crippen LogP contribution is -2.72. The summed E-state index contributed by atoms with van der Waals surface area (Å²) >= 11 is 0. The summed E-state index contributed by atoms with van der Waals surface area (Å²) in [5.41, 5.74) is 0. The molecule has 1 unspecified atom stereocenters. The number of hydrogen-bond donors (Lipinski definition) is 32. The lowest BCUT2D eigenvalue weighted by Gasteiger charge is -2.52. The first-order valence-corrected chi connectivity index (χ1v) is 39.7. The predicted octanol–water partition coefficient (Wildman–Crippen LogP) is -20.5. The van der Waals surface area contributed by atoms with Crippen LogP contribution in [0, 0.1) is 0 Å². The molecule has 32 N–H and O–H groups in total. The zero-order chi connectivity index (χ0) is 93.6. The first-order chi connectivity index (χ1) is 59.2. The molecule has 56 nitrogen and oxygen atoms in total. The number of carboxylic acids is 2. The van der Waals surface area contributed by atoms with Gasteiger partial charge in [-0.2, -0.15) is 0 Å². The monoisotopic (exact) mass is 1840 g/mol. The Morgan fingerprint density at radius 2 is 0.683 bits per heavy atom. The van der Waals surface area contributed by atoms with Crippen LogP contribution in [0.25, 0.3) is 0 Å². The highest BCUT2D eigenvalue weighted by Gasteiger charge is 2.65. The fourth-order valence-corrected chi connectivity index (χ4v) is 16.2. The molecule has 0 aromatic heterocycles. The van der Waals surface area contributed by atoms with E-state index in [9.17, 15) is 171 Å². The standard InChI is InChI=1S/C70H115N5O51/c1-17-38(92)46(100)47(101)63(111-17)121-56-37(75-22(6)87)62(117-31(15-82)52(56)119-66-50(104)59(43(97)29(13-80)115-66)126-70(68(108)109)8-24(89)34(72-19(3)84)55(124-70)40(94)26(91)10-77)122-57-41(95)27(11-78)113-64(48(57)102)120-53-36(74-21(5)86)60(105)112-32(44(53)98)16-110-61-35(73-20(4)85)45(99)51(30(14-81)116-61)118-65-49(103)58(42(96)28(12-79)114-65)125-69(67(106)107)7-23(88)33(71-18(2)83)54(123-69)39(93)25(90)9-76/h17,23-66,76-82,88-105H,7-16H2,1-6H3,(H,71,83)(H,72,84)(H,73,85)(H,74,86)(H,75,87)(H,106,107)(H,108,109)/t17-,23-,24-,25+,26+,27+,28+,29+,30+,31+,32+,33+,34+,35+,36+,37+,38+,39+,40+,41-,42-,43-,44-,45+,46+,47-,48+,49+,50+,51+,52+,53+,54+,55+,56+,57-,58-,59-,60?,61+,62-,63-,64-,65-,66-,69-,70-/m0/s1. The van der Waals surface area contributed by atoms with Gasteiger partial charge in [-0.25, -0.2) is 9.59 Å². The smallest absolute Gasteiger partial charge is 0.364 e. The van der Waals surface area contributed by atoms with Crippen molar-refractivity contribution < 1.29 is 252 Å². The van der Waals surface area contributed by atoms with Crippen molar-refractivity contribution in [2.75, 3.05) is 52.9 Å². The molecular weight excluding hydrogens is 1730 g/mol. The Bertz CT molecular complexity index is 3560. The molecule has 126 heavy (non-hydrogen) atoms. The molecule has 0 spiro atoms. The summed E-state index contributed by atoms with van der Waals surface area (Å²) in [4.78, 5) is 90.5. The Morgan fingerprint density at radius 3 is 1.10 bits per heavy atom. The van der Waals surface area contributed by atoms with Gasteiger partial charge in [-0.1, -0.05) is 0 Å². The molecule has 9 aliphatic heterocycles. The minimum atomic E-state index is -3.35. The molecule has 9 heterocycles. The zero-order valence-electron chi connectivity index (χ0n) is 67.9. The van der Waals surface area contributed by atoms with E-state index in [1.807, 2.05) is 0 Å². The third kappa shape index (κ3) is 22.9. The van der Waals surface area contributed by atoms with Crippen LogP contribution in [0.15, 0.2) is 0 Å². The van der Waals surface area contributed by atoms with Gasteiger partial charge in [0, 0.05) is 47.5 Å². The summed E-state index contributed by atoms with van der Waals surface area (Å²) in [5.74, 6) is -15.7. The highest BCUT2D eigenvalue weighted by atomic mass is 16.8. The second-order valence-electron chi connectivity index (χ2n) is 31.7. The number of nitrogens with one attached hydrogen (secondary N) is 5. The molecular formula is C70H115N5O51. The van der Waals surface area contributed by atoms with E-state index in [1.54, 1.807) is 0 Å². The lowest BCUT2D eigenvalue weighted by molar-refractivity contribution is -0.398. The van der Waals surface area contributed by atoms with Crippen molar-refractivity contribution in [3.63, 3.8) is 0 Å². The molecule has 0 aromatic carbocycles. The molecule has 9 rings (SSSR count). The van der Waals surface area contributed by atoms with Gasteiger partial charge in [-0.15, -0.1) is 0 Å². The molecule has 0 radical (unpaired) electrons. The Morgan fingerprint density at radius 1 is 0.341 bits per heavy atom. The molecule has 9 fully saturated rings. The zero-order valence-corrected chi connectivity index (χ0v) is 67.9. The molecule has 47 atom stereocenters. The van der Waals surface area contributed by atoms with Gasteiger partial charge in [-0.05, 0) is 6.92 Å². The molecule has 0 bridgehead atoms. The van der Waals surface area contributed by atoms with E-state index in [0.717, 1.165) is 34.6 Å². The summed E-state index contributed by atoms with van der Waals surface area (Å²) in [6.45, 7) is -3.88.